The summed E-state index contributed by atoms with van der Waals surface area (Å²) in [7, 11) is 0. The number of amides is 2. The van der Waals surface area contributed by atoms with E-state index in [1.165, 1.54) is 12.0 Å². The molecule has 4 nitrogen and oxygen atoms in total. The molecule has 4 rings (SSSR count). The summed E-state index contributed by atoms with van der Waals surface area (Å²) in [6.07, 6.45) is 8.08. The fourth-order valence-corrected chi connectivity index (χ4v) is 4.63. The number of rotatable bonds is 4. The highest BCUT2D eigenvalue weighted by Gasteiger charge is 2.59. The van der Waals surface area contributed by atoms with Gasteiger partial charge < -0.3 is 9.80 Å². The van der Waals surface area contributed by atoms with Crippen LogP contribution in [0.15, 0.2) is 30.3 Å². The average Bonchev–Trinajstić information content (AvgIpc) is 3.51. The second-order valence-corrected chi connectivity index (χ2v) is 8.36. The van der Waals surface area contributed by atoms with Gasteiger partial charge in [0.25, 0.3) is 0 Å². The first-order valence-electron chi connectivity index (χ1n) is 10.3. The molecule has 0 unspecified atom stereocenters. The van der Waals surface area contributed by atoms with Crippen LogP contribution in [0.4, 0.5) is 0 Å². The minimum Gasteiger partial charge on any atom is -0.342 e. The molecule has 3 aliphatic rings. The van der Waals surface area contributed by atoms with E-state index >= 15 is 0 Å². The number of nitrogens with zero attached hydrogens (tertiary/aromatic N) is 2. The second-order valence-electron chi connectivity index (χ2n) is 8.36. The Hall–Kier alpha value is -1.84. The van der Waals surface area contributed by atoms with Crippen molar-refractivity contribution in [3.63, 3.8) is 0 Å². The van der Waals surface area contributed by atoms with Crippen molar-refractivity contribution in [3.8, 4) is 0 Å². The third kappa shape index (κ3) is 3.51. The Bertz CT molecular complexity index is 639. The van der Waals surface area contributed by atoms with Gasteiger partial charge in [-0.3, -0.25) is 9.59 Å². The zero-order valence-corrected chi connectivity index (χ0v) is 15.7. The molecule has 1 aromatic carbocycles. The van der Waals surface area contributed by atoms with E-state index in [0.717, 1.165) is 71.1 Å². The van der Waals surface area contributed by atoms with Crippen LogP contribution in [0.2, 0.25) is 0 Å². The van der Waals surface area contributed by atoms with E-state index in [-0.39, 0.29) is 11.8 Å². The molecule has 2 amide bonds. The van der Waals surface area contributed by atoms with Crippen molar-refractivity contribution in [2.45, 2.75) is 51.4 Å². The Kier molecular flexibility index (Phi) is 5.01. The van der Waals surface area contributed by atoms with Crippen molar-refractivity contribution >= 4 is 11.8 Å². The molecular weight excluding hydrogens is 324 g/mol. The molecule has 0 aromatic heterocycles. The van der Waals surface area contributed by atoms with E-state index in [9.17, 15) is 9.59 Å². The normalized spacial score (nSPS) is 22.9. The molecule has 0 bridgehead atoms. The maximum atomic E-state index is 13.1. The summed E-state index contributed by atoms with van der Waals surface area (Å²) >= 11 is 0. The summed E-state index contributed by atoms with van der Waals surface area (Å²) in [5.74, 6) is 0.884. The summed E-state index contributed by atoms with van der Waals surface area (Å²) < 4.78 is 0. The van der Waals surface area contributed by atoms with Gasteiger partial charge in [0.2, 0.25) is 11.8 Å². The van der Waals surface area contributed by atoms with Gasteiger partial charge in [0.15, 0.2) is 0 Å². The van der Waals surface area contributed by atoms with Gasteiger partial charge in [-0.25, -0.2) is 0 Å². The van der Waals surface area contributed by atoms with E-state index in [4.69, 9.17) is 0 Å². The fourth-order valence-electron chi connectivity index (χ4n) is 4.63. The maximum Gasteiger partial charge on any atom is 0.238 e. The number of carbonyl (C=O) groups is 2. The molecule has 1 aliphatic carbocycles. The van der Waals surface area contributed by atoms with Crippen molar-refractivity contribution in [2.24, 2.45) is 11.3 Å². The van der Waals surface area contributed by atoms with Crippen LogP contribution in [-0.2, 0) is 16.0 Å². The molecular formula is C22H30N2O2. The third-order valence-corrected chi connectivity index (χ3v) is 6.48. The predicted octanol–water partition coefficient (Wildman–Crippen LogP) is 3.26. The Morgan fingerprint density at radius 2 is 1.42 bits per heavy atom. The van der Waals surface area contributed by atoms with Crippen LogP contribution < -0.4 is 0 Å². The number of hydrogen-bond acceptors (Lipinski definition) is 2. The lowest BCUT2D eigenvalue weighted by Gasteiger charge is -2.36. The van der Waals surface area contributed by atoms with Gasteiger partial charge in [-0.05, 0) is 62.8 Å². The van der Waals surface area contributed by atoms with Gasteiger partial charge in [0.1, 0.15) is 5.41 Å². The van der Waals surface area contributed by atoms with Crippen molar-refractivity contribution in [3.05, 3.63) is 35.9 Å². The van der Waals surface area contributed by atoms with Crippen LogP contribution in [0, 0.1) is 11.3 Å². The van der Waals surface area contributed by atoms with Gasteiger partial charge in [-0.15, -0.1) is 0 Å². The van der Waals surface area contributed by atoms with E-state index in [2.05, 4.69) is 30.3 Å². The Morgan fingerprint density at radius 3 is 2.00 bits per heavy atom. The first kappa shape index (κ1) is 17.6. The van der Waals surface area contributed by atoms with Crippen LogP contribution in [0.25, 0.3) is 0 Å². The molecule has 1 aromatic rings. The molecule has 0 radical (unpaired) electrons. The monoisotopic (exact) mass is 354 g/mol. The van der Waals surface area contributed by atoms with Crippen LogP contribution in [-0.4, -0.2) is 47.8 Å². The molecule has 2 heterocycles. The average molecular weight is 354 g/mol. The lowest BCUT2D eigenvalue weighted by molar-refractivity contribution is -0.150. The summed E-state index contributed by atoms with van der Waals surface area (Å²) in [6, 6.07) is 10.6. The van der Waals surface area contributed by atoms with Crippen molar-refractivity contribution < 1.29 is 9.59 Å². The molecule has 0 atom stereocenters. The highest BCUT2D eigenvalue weighted by Crippen LogP contribution is 2.49. The van der Waals surface area contributed by atoms with Gasteiger partial charge in [0, 0.05) is 26.2 Å². The molecule has 26 heavy (non-hydrogen) atoms. The van der Waals surface area contributed by atoms with Crippen LogP contribution in [0.3, 0.4) is 0 Å². The fraction of sp³-hybridized carbons (Fsp3) is 0.636. The number of piperidine rings is 2. The standard InChI is InChI=1S/C22H30N2O2/c25-20(23-13-5-2-6-14-23)22(11-12-22)21(26)24-15-9-19(10-16-24)17-18-7-3-1-4-8-18/h1,3-4,7-8,19H,2,5-6,9-17H2. The molecule has 1 saturated carbocycles. The maximum absolute atomic E-state index is 13.1. The summed E-state index contributed by atoms with van der Waals surface area (Å²) in [6.45, 7) is 3.30. The molecule has 4 heteroatoms. The molecule has 2 saturated heterocycles. The van der Waals surface area contributed by atoms with Crippen LogP contribution >= 0.6 is 0 Å². The first-order valence-corrected chi connectivity index (χ1v) is 10.3. The molecule has 0 spiro atoms. The third-order valence-electron chi connectivity index (χ3n) is 6.48. The van der Waals surface area contributed by atoms with Gasteiger partial charge in [0.05, 0.1) is 0 Å². The lowest BCUT2D eigenvalue weighted by atomic mass is 9.89. The molecule has 3 fully saturated rings. The number of benzene rings is 1. The largest absolute Gasteiger partial charge is 0.342 e. The highest BCUT2D eigenvalue weighted by molar-refractivity contribution is 6.07. The lowest BCUT2D eigenvalue weighted by Crippen LogP contribution is -2.50. The SMILES string of the molecule is O=C(N1CCCCC1)C1(C(=O)N2CCC(Cc3ccccc3)CC2)CC1. The van der Waals surface area contributed by atoms with Crippen molar-refractivity contribution in [2.75, 3.05) is 26.2 Å². The van der Waals surface area contributed by atoms with Crippen LogP contribution in [0.5, 0.6) is 0 Å². The van der Waals surface area contributed by atoms with Gasteiger partial charge in [-0.1, -0.05) is 30.3 Å². The number of carbonyl (C=O) groups excluding carboxylic acids is 2. The minimum atomic E-state index is -0.691. The second kappa shape index (κ2) is 7.42. The van der Waals surface area contributed by atoms with E-state index in [1.807, 2.05) is 9.80 Å². The van der Waals surface area contributed by atoms with Gasteiger partial charge >= 0.3 is 0 Å². The van der Waals surface area contributed by atoms with Gasteiger partial charge in [-0.2, -0.15) is 0 Å². The zero-order chi connectivity index (χ0) is 18.0. The summed E-state index contributed by atoms with van der Waals surface area (Å²) in [5, 5.41) is 0. The highest BCUT2D eigenvalue weighted by atomic mass is 16.2. The van der Waals surface area contributed by atoms with E-state index in [1.54, 1.807) is 0 Å². The van der Waals surface area contributed by atoms with E-state index in [0.29, 0.717) is 5.92 Å². The zero-order valence-electron chi connectivity index (χ0n) is 15.7. The number of hydrogen-bond donors (Lipinski definition) is 0. The predicted molar refractivity (Wildman–Crippen MR) is 102 cm³/mol. The van der Waals surface area contributed by atoms with Crippen molar-refractivity contribution in [1.82, 2.24) is 9.80 Å². The topological polar surface area (TPSA) is 40.6 Å². The Morgan fingerprint density at radius 1 is 0.846 bits per heavy atom. The van der Waals surface area contributed by atoms with E-state index < -0.39 is 5.41 Å². The molecule has 2 aliphatic heterocycles. The smallest absolute Gasteiger partial charge is 0.238 e. The summed E-state index contributed by atoms with van der Waals surface area (Å²) in [5.41, 5.74) is 0.695. The number of likely N-dealkylation sites (tertiary alicyclic amines) is 2. The van der Waals surface area contributed by atoms with Crippen LogP contribution in [0.1, 0.15) is 50.5 Å². The minimum absolute atomic E-state index is 0.117. The molecule has 140 valence electrons. The Balaban J connectivity index is 1.32. The quantitative estimate of drug-likeness (QED) is 0.779. The van der Waals surface area contributed by atoms with Crippen molar-refractivity contribution in [1.29, 1.82) is 0 Å². The molecule has 0 N–H and O–H groups in total. The summed E-state index contributed by atoms with van der Waals surface area (Å²) in [4.78, 5) is 30.0. The first-order chi connectivity index (χ1) is 12.7. The Labute approximate surface area is 156 Å².